The molecule has 1 aromatic heterocycles. The number of hydrogen-bond acceptors (Lipinski definition) is 3. The molecule has 1 spiro atoms. The van der Waals surface area contributed by atoms with Gasteiger partial charge >= 0.3 is 0 Å². The van der Waals surface area contributed by atoms with Crippen LogP contribution in [-0.2, 0) is 5.41 Å². The molecule has 270 valence electrons. The van der Waals surface area contributed by atoms with E-state index < -0.39 is 5.41 Å². The van der Waals surface area contributed by atoms with E-state index in [1.807, 2.05) is 0 Å². The zero-order valence-corrected chi connectivity index (χ0v) is 31.3. The van der Waals surface area contributed by atoms with Crippen LogP contribution in [0.4, 0.5) is 17.1 Å². The molecule has 10 aromatic carbocycles. The van der Waals surface area contributed by atoms with Gasteiger partial charge in [-0.05, 0) is 97.7 Å². The van der Waals surface area contributed by atoms with Crippen LogP contribution in [0.25, 0.3) is 65.4 Å². The van der Waals surface area contributed by atoms with E-state index in [-0.39, 0.29) is 0 Å². The van der Waals surface area contributed by atoms with Crippen LogP contribution >= 0.6 is 0 Å². The minimum atomic E-state index is -0.595. The first-order valence-electron chi connectivity index (χ1n) is 19.9. The molecular weight excluding hydrogens is 707 g/mol. The summed E-state index contributed by atoms with van der Waals surface area (Å²) in [7, 11) is 0. The molecule has 0 unspecified atom stereocenters. The highest BCUT2D eigenvalue weighted by molar-refractivity contribution is 6.22. The summed E-state index contributed by atoms with van der Waals surface area (Å²) in [5.74, 6) is 1.74. The molecule has 0 amide bonds. The number of ether oxygens (including phenoxy) is 1. The third-order valence-electron chi connectivity index (χ3n) is 12.7. The Morgan fingerprint density at radius 3 is 1.78 bits per heavy atom. The van der Waals surface area contributed by atoms with Gasteiger partial charge in [-0.1, -0.05) is 152 Å². The Morgan fingerprint density at radius 1 is 0.379 bits per heavy atom. The van der Waals surface area contributed by atoms with Crippen molar-refractivity contribution in [1.29, 1.82) is 0 Å². The summed E-state index contributed by atoms with van der Waals surface area (Å²) in [5, 5.41) is 9.27. The largest absolute Gasteiger partial charge is 0.457 e. The minimum absolute atomic E-state index is 0.595. The standard InChI is InChI=1S/C55H33NO2/c1-3-15-39-34(13-1)25-26-36-31-37(27-29-40(36)39)56(49-32-35-14-2-4-16-41(35)54-53(49)44-19-7-11-23-50(44)58-54)38-28-30-52-48(33-38)55(47-22-10-12-24-51(47)57-52)45-20-8-5-17-42(45)43-18-6-9-21-46(43)55/h1-33H. The fourth-order valence-corrected chi connectivity index (χ4v) is 10.3. The number of benzene rings is 10. The Balaban J connectivity index is 1.15. The molecule has 0 fully saturated rings. The number of fused-ring (bicyclic) bond motifs is 17. The van der Waals surface area contributed by atoms with E-state index in [4.69, 9.17) is 9.15 Å². The molecule has 2 heterocycles. The zero-order chi connectivity index (χ0) is 38.0. The predicted molar refractivity (Wildman–Crippen MR) is 238 cm³/mol. The van der Waals surface area contributed by atoms with Gasteiger partial charge in [0.1, 0.15) is 22.7 Å². The molecule has 0 saturated heterocycles. The summed E-state index contributed by atoms with van der Waals surface area (Å²) >= 11 is 0. The fraction of sp³-hybridized carbons (Fsp3) is 0.0182. The van der Waals surface area contributed by atoms with Crippen LogP contribution in [0.3, 0.4) is 0 Å². The second-order valence-corrected chi connectivity index (χ2v) is 15.6. The Bertz CT molecular complexity index is 3480. The molecule has 58 heavy (non-hydrogen) atoms. The smallest absolute Gasteiger partial charge is 0.145 e. The van der Waals surface area contributed by atoms with E-state index in [1.54, 1.807) is 0 Å². The molecule has 2 aliphatic rings. The van der Waals surface area contributed by atoms with Crippen LogP contribution in [-0.4, -0.2) is 0 Å². The van der Waals surface area contributed by atoms with Crippen molar-refractivity contribution < 1.29 is 9.15 Å². The van der Waals surface area contributed by atoms with Crippen molar-refractivity contribution in [2.75, 3.05) is 4.90 Å². The van der Waals surface area contributed by atoms with Crippen molar-refractivity contribution >= 4 is 71.3 Å². The number of hydrogen-bond donors (Lipinski definition) is 0. The molecule has 3 nitrogen and oxygen atoms in total. The van der Waals surface area contributed by atoms with Crippen LogP contribution in [0.15, 0.2) is 205 Å². The first-order valence-corrected chi connectivity index (χ1v) is 19.9. The third-order valence-corrected chi connectivity index (χ3v) is 12.7. The van der Waals surface area contributed by atoms with Crippen molar-refractivity contribution in [1.82, 2.24) is 0 Å². The molecule has 0 radical (unpaired) electrons. The molecule has 0 bridgehead atoms. The van der Waals surface area contributed by atoms with Crippen molar-refractivity contribution in [2.45, 2.75) is 5.41 Å². The van der Waals surface area contributed by atoms with Gasteiger partial charge in [0.25, 0.3) is 0 Å². The maximum Gasteiger partial charge on any atom is 0.145 e. The van der Waals surface area contributed by atoms with Gasteiger partial charge in [-0.25, -0.2) is 0 Å². The van der Waals surface area contributed by atoms with Gasteiger partial charge in [0, 0.05) is 33.3 Å². The maximum absolute atomic E-state index is 6.88. The van der Waals surface area contributed by atoms with E-state index >= 15 is 0 Å². The summed E-state index contributed by atoms with van der Waals surface area (Å²) in [6, 6.07) is 72.5. The lowest BCUT2D eigenvalue weighted by Crippen LogP contribution is -2.32. The van der Waals surface area contributed by atoms with Gasteiger partial charge in [-0.15, -0.1) is 0 Å². The van der Waals surface area contributed by atoms with Gasteiger partial charge in [0.05, 0.1) is 16.5 Å². The van der Waals surface area contributed by atoms with Gasteiger partial charge in [0.15, 0.2) is 0 Å². The highest BCUT2D eigenvalue weighted by atomic mass is 16.5. The summed E-state index contributed by atoms with van der Waals surface area (Å²) in [5.41, 5.74) is 11.6. The molecule has 11 aromatic rings. The Labute approximate surface area is 334 Å². The van der Waals surface area contributed by atoms with Crippen molar-refractivity contribution in [3.63, 3.8) is 0 Å². The third kappa shape index (κ3) is 4.17. The van der Waals surface area contributed by atoms with E-state index in [0.717, 1.165) is 72.4 Å². The minimum Gasteiger partial charge on any atom is -0.457 e. The van der Waals surface area contributed by atoms with Crippen LogP contribution in [0.1, 0.15) is 22.3 Å². The average Bonchev–Trinajstić information content (AvgIpc) is 3.82. The second kappa shape index (κ2) is 11.7. The van der Waals surface area contributed by atoms with Crippen LogP contribution in [0.5, 0.6) is 11.5 Å². The van der Waals surface area contributed by atoms with Crippen molar-refractivity contribution in [3.05, 3.63) is 222 Å². The first kappa shape index (κ1) is 31.6. The van der Waals surface area contributed by atoms with Gasteiger partial charge in [-0.2, -0.15) is 0 Å². The molecule has 13 rings (SSSR count). The van der Waals surface area contributed by atoms with Gasteiger partial charge in [-0.3, -0.25) is 0 Å². The molecular formula is C55H33NO2. The lowest BCUT2D eigenvalue weighted by Gasteiger charge is -2.40. The average molecular weight is 740 g/mol. The van der Waals surface area contributed by atoms with Gasteiger partial charge in [0.2, 0.25) is 0 Å². The van der Waals surface area contributed by atoms with E-state index in [1.165, 1.54) is 43.8 Å². The van der Waals surface area contributed by atoms with E-state index in [0.29, 0.717) is 0 Å². The molecule has 0 atom stereocenters. The predicted octanol–water partition coefficient (Wildman–Crippen LogP) is 15.0. The Morgan fingerprint density at radius 2 is 0.948 bits per heavy atom. The lowest BCUT2D eigenvalue weighted by atomic mass is 9.66. The van der Waals surface area contributed by atoms with Crippen molar-refractivity contribution in [3.8, 4) is 22.6 Å². The number of furan rings is 1. The SMILES string of the molecule is c1ccc2c(c1)Oc1ccc(N(c3ccc4c(ccc5ccccc54)c3)c3cc4ccccc4c4oc5ccccc5c34)cc1C21c2ccccc2-c2ccccc21. The van der Waals surface area contributed by atoms with Crippen molar-refractivity contribution in [2.24, 2.45) is 0 Å². The summed E-state index contributed by atoms with van der Waals surface area (Å²) in [4.78, 5) is 2.44. The Kier molecular flexibility index (Phi) is 6.37. The monoisotopic (exact) mass is 739 g/mol. The zero-order valence-electron chi connectivity index (χ0n) is 31.3. The summed E-state index contributed by atoms with van der Waals surface area (Å²) < 4.78 is 13.7. The molecule has 1 aliphatic carbocycles. The molecule has 0 saturated carbocycles. The van der Waals surface area contributed by atoms with Crippen LogP contribution in [0, 0.1) is 0 Å². The number of para-hydroxylation sites is 2. The Hall–Kier alpha value is -7.62. The lowest BCUT2D eigenvalue weighted by molar-refractivity contribution is 0.436. The summed E-state index contributed by atoms with van der Waals surface area (Å²) in [6.07, 6.45) is 0. The van der Waals surface area contributed by atoms with Crippen LogP contribution < -0.4 is 9.64 Å². The highest BCUT2D eigenvalue weighted by Crippen LogP contribution is 2.62. The molecule has 0 N–H and O–H groups in total. The number of nitrogens with zero attached hydrogens (tertiary/aromatic N) is 1. The number of rotatable bonds is 3. The quantitative estimate of drug-likeness (QED) is 0.169. The fourth-order valence-electron chi connectivity index (χ4n) is 10.3. The van der Waals surface area contributed by atoms with E-state index in [9.17, 15) is 0 Å². The summed E-state index contributed by atoms with van der Waals surface area (Å²) in [6.45, 7) is 0. The topological polar surface area (TPSA) is 25.6 Å². The highest BCUT2D eigenvalue weighted by Gasteiger charge is 2.51. The van der Waals surface area contributed by atoms with Gasteiger partial charge < -0.3 is 14.1 Å². The maximum atomic E-state index is 6.88. The second-order valence-electron chi connectivity index (χ2n) is 15.6. The van der Waals surface area contributed by atoms with Crippen LogP contribution in [0.2, 0.25) is 0 Å². The molecule has 1 aliphatic heterocycles. The number of anilines is 3. The van der Waals surface area contributed by atoms with E-state index in [2.05, 4.69) is 205 Å². The molecule has 3 heteroatoms. The normalized spacial score (nSPS) is 13.4. The first-order chi connectivity index (χ1) is 28.8.